The zero-order valence-electron chi connectivity index (χ0n) is 22.3. The molecule has 184 valence electrons. The molecule has 2 heterocycles. The predicted molar refractivity (Wildman–Crippen MR) is 157 cm³/mol. The Morgan fingerprint density at radius 3 is 1.47 bits per heavy atom. The van der Waals surface area contributed by atoms with Crippen LogP contribution >= 0.6 is 0 Å². The van der Waals surface area contributed by atoms with E-state index in [1.165, 1.54) is 77.7 Å². The SMILES string of the molecule is [CH2]=[Zr]([CH]1c2ccccc2-c2c1n(C)c1ccc(C)cc21)[CH]1c2ccccc2-c2c1n(C)c1ccc(C)cc21. The van der Waals surface area contributed by atoms with Crippen LogP contribution in [0, 0.1) is 13.8 Å². The van der Waals surface area contributed by atoms with Crippen molar-refractivity contribution in [3.05, 3.63) is 119 Å². The topological polar surface area (TPSA) is 9.86 Å². The fourth-order valence-electron chi connectivity index (χ4n) is 7.56. The average molecular weight is 570 g/mol. The first kappa shape index (κ1) is 22.7. The Hall–Kier alpha value is -3.29. The summed E-state index contributed by atoms with van der Waals surface area (Å²) in [6.45, 7) is 4.41. The fourth-order valence-corrected chi connectivity index (χ4v) is 15.0. The number of fused-ring (bicyclic) bond motifs is 10. The van der Waals surface area contributed by atoms with Gasteiger partial charge in [0.25, 0.3) is 0 Å². The molecule has 3 heteroatoms. The van der Waals surface area contributed by atoms with Gasteiger partial charge in [-0.25, -0.2) is 0 Å². The van der Waals surface area contributed by atoms with Crippen molar-refractivity contribution in [3.63, 3.8) is 0 Å². The number of benzene rings is 4. The van der Waals surface area contributed by atoms with Gasteiger partial charge in [-0.15, -0.1) is 0 Å². The number of rotatable bonds is 2. The van der Waals surface area contributed by atoms with Crippen LogP contribution in [0.25, 0.3) is 44.1 Å². The van der Waals surface area contributed by atoms with Crippen molar-refractivity contribution in [2.75, 3.05) is 0 Å². The molecule has 6 aromatic rings. The van der Waals surface area contributed by atoms with Crippen LogP contribution in [0.5, 0.6) is 0 Å². The van der Waals surface area contributed by atoms with E-state index in [0.717, 1.165) is 0 Å². The summed E-state index contributed by atoms with van der Waals surface area (Å²) >= 11 is -2.52. The van der Waals surface area contributed by atoms with E-state index in [-0.39, 0.29) is 0 Å². The Bertz CT molecular complexity index is 1860. The van der Waals surface area contributed by atoms with Gasteiger partial charge in [-0.2, -0.15) is 0 Å². The van der Waals surface area contributed by atoms with Crippen molar-refractivity contribution < 1.29 is 21.3 Å². The van der Waals surface area contributed by atoms with Gasteiger partial charge in [-0.3, -0.25) is 0 Å². The monoisotopic (exact) mass is 568 g/mol. The van der Waals surface area contributed by atoms with E-state index < -0.39 is 21.3 Å². The summed E-state index contributed by atoms with van der Waals surface area (Å²) in [7, 11) is 4.55. The third-order valence-corrected chi connectivity index (χ3v) is 15.7. The Balaban J connectivity index is 1.42. The summed E-state index contributed by atoms with van der Waals surface area (Å²) in [5.41, 5.74) is 17.1. The molecule has 0 radical (unpaired) electrons. The third kappa shape index (κ3) is 2.78. The van der Waals surface area contributed by atoms with E-state index in [9.17, 15) is 0 Å². The van der Waals surface area contributed by atoms with Crippen LogP contribution in [0.2, 0.25) is 0 Å². The van der Waals surface area contributed by atoms with Crippen LogP contribution in [0.3, 0.4) is 0 Å². The normalized spacial score (nSPS) is 17.1. The van der Waals surface area contributed by atoms with E-state index in [0.29, 0.717) is 7.25 Å². The summed E-state index contributed by atoms with van der Waals surface area (Å²) < 4.78 is 11.0. The standard InChI is InChI=1S/2C17H14N.CH2.Zr/c2*1-11-7-8-15-14(9-11)17-13-6-4-3-5-12(13)10-16(17)18(15)2;;/h2*3-10H,1-2H3;1H2;. The Morgan fingerprint density at radius 1 is 0.605 bits per heavy atom. The predicted octanol–water partition coefficient (Wildman–Crippen LogP) is 8.18. The average Bonchev–Trinajstić information content (AvgIpc) is 3.61. The molecular weight excluding hydrogens is 540 g/mol. The Kier molecular flexibility index (Phi) is 4.70. The summed E-state index contributed by atoms with van der Waals surface area (Å²) in [5.74, 6) is 0. The van der Waals surface area contributed by atoms with Crippen LogP contribution in [-0.2, 0) is 35.4 Å². The molecule has 0 fully saturated rings. The molecule has 38 heavy (non-hydrogen) atoms. The third-order valence-electron chi connectivity index (χ3n) is 9.17. The molecule has 2 aliphatic carbocycles. The number of aromatic nitrogens is 2. The van der Waals surface area contributed by atoms with Gasteiger partial charge in [0.2, 0.25) is 0 Å². The summed E-state index contributed by atoms with van der Waals surface area (Å²) in [5, 5.41) is 2.78. The molecule has 0 amide bonds. The molecule has 4 aromatic carbocycles. The first-order chi connectivity index (χ1) is 18.5. The number of aryl methyl sites for hydroxylation is 4. The number of nitrogens with zero attached hydrogens (tertiary/aromatic N) is 2. The van der Waals surface area contributed by atoms with Crippen LogP contribution in [0.4, 0.5) is 0 Å². The molecular formula is C35H30N2Zr. The maximum atomic E-state index is 5.23. The Morgan fingerprint density at radius 2 is 1.03 bits per heavy atom. The summed E-state index contributed by atoms with van der Waals surface area (Å²) in [6.07, 6.45) is 0. The van der Waals surface area contributed by atoms with Gasteiger partial charge in [0.05, 0.1) is 0 Å². The number of hydrogen-bond acceptors (Lipinski definition) is 0. The molecule has 0 aliphatic heterocycles. The zero-order valence-corrected chi connectivity index (χ0v) is 24.8. The van der Waals surface area contributed by atoms with Gasteiger partial charge >= 0.3 is 232 Å². The van der Waals surface area contributed by atoms with Crippen molar-refractivity contribution in [1.82, 2.24) is 9.13 Å². The quantitative estimate of drug-likeness (QED) is 0.199. The molecule has 0 saturated carbocycles. The first-order valence-electron chi connectivity index (χ1n) is 13.5. The fraction of sp³-hybridized carbons (Fsp3) is 0.171. The van der Waals surface area contributed by atoms with Gasteiger partial charge in [-0.1, -0.05) is 0 Å². The van der Waals surface area contributed by atoms with E-state index >= 15 is 0 Å². The van der Waals surface area contributed by atoms with Gasteiger partial charge in [-0.05, 0) is 0 Å². The first-order valence-corrected chi connectivity index (χ1v) is 18.1. The minimum absolute atomic E-state index is 0.407. The molecule has 8 rings (SSSR count). The maximum absolute atomic E-state index is 5.23. The van der Waals surface area contributed by atoms with Crippen LogP contribution < -0.4 is 0 Å². The van der Waals surface area contributed by atoms with Crippen LogP contribution in [0.15, 0.2) is 84.9 Å². The van der Waals surface area contributed by atoms with E-state index in [2.05, 4.69) is 122 Å². The number of hydrogen-bond donors (Lipinski definition) is 0. The molecule has 2 aliphatic rings. The molecule has 0 saturated heterocycles. The zero-order chi connectivity index (χ0) is 25.9. The van der Waals surface area contributed by atoms with E-state index in [1.807, 2.05) is 0 Å². The molecule has 0 N–H and O–H groups in total. The summed E-state index contributed by atoms with van der Waals surface area (Å²) in [6, 6.07) is 32.2. The van der Waals surface area contributed by atoms with E-state index in [1.54, 1.807) is 0 Å². The van der Waals surface area contributed by atoms with E-state index in [4.69, 9.17) is 4.21 Å². The molecule has 2 atom stereocenters. The second-order valence-electron chi connectivity index (χ2n) is 11.3. The second kappa shape index (κ2) is 7.87. The van der Waals surface area contributed by atoms with Crippen molar-refractivity contribution in [1.29, 1.82) is 0 Å². The van der Waals surface area contributed by atoms with Gasteiger partial charge in [0.15, 0.2) is 0 Å². The minimum atomic E-state index is -2.52. The van der Waals surface area contributed by atoms with Crippen LogP contribution in [-0.4, -0.2) is 13.3 Å². The molecule has 0 spiro atoms. The van der Waals surface area contributed by atoms with Crippen molar-refractivity contribution >= 4 is 26.0 Å². The molecule has 2 nitrogen and oxygen atoms in total. The Labute approximate surface area is 231 Å². The van der Waals surface area contributed by atoms with Gasteiger partial charge in [0.1, 0.15) is 0 Å². The molecule has 0 bridgehead atoms. The van der Waals surface area contributed by atoms with Crippen molar-refractivity contribution in [2.45, 2.75) is 21.1 Å². The van der Waals surface area contributed by atoms with Crippen LogP contribution in [0.1, 0.15) is 40.9 Å². The molecule has 2 unspecified atom stereocenters. The second-order valence-corrected chi connectivity index (χ2v) is 17.0. The molecule has 2 aromatic heterocycles. The van der Waals surface area contributed by atoms with Crippen molar-refractivity contribution in [3.8, 4) is 22.3 Å². The summed E-state index contributed by atoms with van der Waals surface area (Å²) in [4.78, 5) is 0. The van der Waals surface area contributed by atoms with Crippen molar-refractivity contribution in [2.24, 2.45) is 14.1 Å². The van der Waals surface area contributed by atoms with Gasteiger partial charge < -0.3 is 0 Å². The van der Waals surface area contributed by atoms with Gasteiger partial charge in [0, 0.05) is 0 Å².